The number of hydrogen-bond donors (Lipinski definition) is 3. The standard InChI is InChI=1S/C10H10N2O3S/c1-16-8-3-7-6(11-4-12-7)2-5(8)9(13)10(14)15/h2-4,9,13H,1H3,(H,11,12)(H,14,15). The van der Waals surface area contributed by atoms with Crippen molar-refractivity contribution in [2.75, 3.05) is 6.26 Å². The first-order valence-corrected chi connectivity index (χ1v) is 5.78. The topological polar surface area (TPSA) is 86.2 Å². The Bertz CT molecular complexity index is 538. The summed E-state index contributed by atoms with van der Waals surface area (Å²) in [6.07, 6.45) is 1.85. The van der Waals surface area contributed by atoms with E-state index in [9.17, 15) is 9.90 Å². The van der Waals surface area contributed by atoms with Crippen molar-refractivity contribution < 1.29 is 15.0 Å². The molecule has 84 valence electrons. The summed E-state index contributed by atoms with van der Waals surface area (Å²) >= 11 is 1.38. The van der Waals surface area contributed by atoms with Crippen LogP contribution in [0.1, 0.15) is 11.7 Å². The quantitative estimate of drug-likeness (QED) is 0.704. The molecule has 5 nitrogen and oxygen atoms in total. The average Bonchev–Trinajstić information content (AvgIpc) is 2.72. The molecule has 0 radical (unpaired) electrons. The summed E-state index contributed by atoms with van der Waals surface area (Å²) in [6.45, 7) is 0. The Morgan fingerprint density at radius 3 is 2.94 bits per heavy atom. The number of nitrogens with zero attached hydrogens (tertiary/aromatic N) is 1. The molecule has 0 bridgehead atoms. The lowest BCUT2D eigenvalue weighted by atomic mass is 10.1. The highest BCUT2D eigenvalue weighted by molar-refractivity contribution is 7.98. The van der Waals surface area contributed by atoms with Crippen molar-refractivity contribution in [2.45, 2.75) is 11.0 Å². The second kappa shape index (κ2) is 4.15. The molecule has 6 heteroatoms. The molecule has 1 unspecified atom stereocenters. The number of aromatic amines is 1. The summed E-state index contributed by atoms with van der Waals surface area (Å²) in [7, 11) is 0. The van der Waals surface area contributed by atoms with Gasteiger partial charge in [-0.2, -0.15) is 0 Å². The smallest absolute Gasteiger partial charge is 0.337 e. The van der Waals surface area contributed by atoms with E-state index in [1.54, 1.807) is 12.1 Å². The predicted octanol–water partition coefficient (Wildman–Crippen LogP) is 1.40. The van der Waals surface area contributed by atoms with Crippen LogP contribution >= 0.6 is 11.8 Å². The number of fused-ring (bicyclic) bond motifs is 1. The minimum Gasteiger partial charge on any atom is -0.479 e. The summed E-state index contributed by atoms with van der Waals surface area (Å²) in [5, 5.41) is 18.4. The number of imidazole rings is 1. The van der Waals surface area contributed by atoms with Crippen LogP contribution in [0.25, 0.3) is 11.0 Å². The van der Waals surface area contributed by atoms with Crippen molar-refractivity contribution in [1.82, 2.24) is 9.97 Å². The van der Waals surface area contributed by atoms with Crippen LogP contribution in [0.4, 0.5) is 0 Å². The molecule has 0 spiro atoms. The van der Waals surface area contributed by atoms with E-state index in [2.05, 4.69) is 9.97 Å². The number of aromatic nitrogens is 2. The number of rotatable bonds is 3. The van der Waals surface area contributed by atoms with Crippen LogP contribution in [-0.2, 0) is 4.79 Å². The van der Waals surface area contributed by atoms with Gasteiger partial charge in [0, 0.05) is 10.5 Å². The minimum atomic E-state index is -1.50. The molecule has 1 heterocycles. The van der Waals surface area contributed by atoms with E-state index in [-0.39, 0.29) is 0 Å². The van der Waals surface area contributed by atoms with Gasteiger partial charge in [0.2, 0.25) is 0 Å². The number of nitrogens with one attached hydrogen (secondary N) is 1. The lowest BCUT2D eigenvalue weighted by molar-refractivity contribution is -0.147. The number of benzene rings is 1. The average molecular weight is 238 g/mol. The van der Waals surface area contributed by atoms with Crippen molar-refractivity contribution in [3.05, 3.63) is 24.0 Å². The van der Waals surface area contributed by atoms with Crippen molar-refractivity contribution in [3.8, 4) is 0 Å². The fraction of sp³-hybridized carbons (Fsp3) is 0.200. The predicted molar refractivity (Wildman–Crippen MR) is 60.5 cm³/mol. The molecule has 0 aliphatic rings. The van der Waals surface area contributed by atoms with Gasteiger partial charge in [-0.05, 0) is 18.4 Å². The zero-order valence-electron chi connectivity index (χ0n) is 8.47. The number of H-pyrrole nitrogens is 1. The zero-order valence-corrected chi connectivity index (χ0v) is 9.28. The molecule has 1 atom stereocenters. The number of carboxylic acids is 1. The fourth-order valence-electron chi connectivity index (χ4n) is 1.50. The number of aliphatic hydroxyl groups excluding tert-OH is 1. The lowest BCUT2D eigenvalue weighted by Crippen LogP contribution is -2.11. The third-order valence-electron chi connectivity index (χ3n) is 2.30. The van der Waals surface area contributed by atoms with Crippen LogP contribution < -0.4 is 0 Å². The second-order valence-corrected chi connectivity index (χ2v) is 4.10. The van der Waals surface area contributed by atoms with E-state index < -0.39 is 12.1 Å². The summed E-state index contributed by atoms with van der Waals surface area (Å²) in [4.78, 5) is 18.4. The number of aliphatic hydroxyl groups is 1. The molecule has 0 fully saturated rings. The van der Waals surface area contributed by atoms with Crippen LogP contribution in [0.15, 0.2) is 23.4 Å². The van der Waals surface area contributed by atoms with E-state index in [4.69, 9.17) is 5.11 Å². The van der Waals surface area contributed by atoms with Gasteiger partial charge in [0.25, 0.3) is 0 Å². The summed E-state index contributed by atoms with van der Waals surface area (Å²) < 4.78 is 0. The monoisotopic (exact) mass is 238 g/mol. The first-order chi connectivity index (χ1) is 7.63. The number of hydrogen-bond acceptors (Lipinski definition) is 4. The molecule has 3 N–H and O–H groups in total. The van der Waals surface area contributed by atoms with Crippen LogP contribution in [0.2, 0.25) is 0 Å². The van der Waals surface area contributed by atoms with Gasteiger partial charge in [-0.15, -0.1) is 11.8 Å². The van der Waals surface area contributed by atoms with Gasteiger partial charge < -0.3 is 15.2 Å². The fourth-order valence-corrected chi connectivity index (χ4v) is 2.14. The highest BCUT2D eigenvalue weighted by Crippen LogP contribution is 2.29. The Labute approximate surface area is 95.5 Å². The van der Waals surface area contributed by atoms with Crippen LogP contribution in [0, 0.1) is 0 Å². The van der Waals surface area contributed by atoms with Gasteiger partial charge in [0.15, 0.2) is 6.10 Å². The van der Waals surface area contributed by atoms with E-state index >= 15 is 0 Å². The summed E-state index contributed by atoms with van der Waals surface area (Å²) in [5.41, 5.74) is 1.86. The first kappa shape index (κ1) is 11.0. The molecule has 0 saturated heterocycles. The molecule has 0 saturated carbocycles. The van der Waals surface area contributed by atoms with Crippen LogP contribution in [-0.4, -0.2) is 32.4 Å². The number of aliphatic carboxylic acids is 1. The van der Waals surface area contributed by atoms with Crippen LogP contribution in [0.3, 0.4) is 0 Å². The molecule has 0 aliphatic carbocycles. The highest BCUT2D eigenvalue weighted by Gasteiger charge is 2.20. The van der Waals surface area contributed by atoms with Gasteiger partial charge >= 0.3 is 5.97 Å². The van der Waals surface area contributed by atoms with E-state index in [0.29, 0.717) is 11.1 Å². The van der Waals surface area contributed by atoms with Gasteiger partial charge in [-0.25, -0.2) is 9.78 Å². The summed E-state index contributed by atoms with van der Waals surface area (Å²) in [5.74, 6) is -1.26. The van der Waals surface area contributed by atoms with Crippen molar-refractivity contribution in [2.24, 2.45) is 0 Å². The number of carbonyl (C=O) groups is 1. The van der Waals surface area contributed by atoms with Gasteiger partial charge in [0.1, 0.15) is 0 Å². The Kier molecular flexibility index (Phi) is 2.84. The molecule has 0 amide bonds. The highest BCUT2D eigenvalue weighted by atomic mass is 32.2. The van der Waals surface area contributed by atoms with Crippen molar-refractivity contribution in [1.29, 1.82) is 0 Å². The third-order valence-corrected chi connectivity index (χ3v) is 3.09. The Hall–Kier alpha value is -1.53. The van der Waals surface area contributed by atoms with E-state index in [0.717, 1.165) is 10.4 Å². The molecule has 16 heavy (non-hydrogen) atoms. The van der Waals surface area contributed by atoms with Gasteiger partial charge in [-0.1, -0.05) is 0 Å². The molecule has 1 aromatic carbocycles. The van der Waals surface area contributed by atoms with Crippen LogP contribution in [0.5, 0.6) is 0 Å². The first-order valence-electron chi connectivity index (χ1n) is 4.55. The second-order valence-electron chi connectivity index (χ2n) is 3.25. The molecule has 2 aromatic rings. The van der Waals surface area contributed by atoms with Crippen molar-refractivity contribution in [3.63, 3.8) is 0 Å². The molecule has 2 rings (SSSR count). The maximum absolute atomic E-state index is 10.8. The molecular weight excluding hydrogens is 228 g/mol. The van der Waals surface area contributed by atoms with Crippen molar-refractivity contribution >= 4 is 28.8 Å². The molecular formula is C10H10N2O3S. The minimum absolute atomic E-state index is 0.386. The zero-order chi connectivity index (χ0) is 11.7. The molecule has 1 aromatic heterocycles. The number of carboxylic acid groups (broad SMARTS) is 1. The number of thioether (sulfide) groups is 1. The third kappa shape index (κ3) is 1.77. The van der Waals surface area contributed by atoms with Gasteiger partial charge in [-0.3, -0.25) is 0 Å². The SMILES string of the molecule is CSc1cc2nc[nH]c2cc1C(O)C(=O)O. The summed E-state index contributed by atoms with van der Waals surface area (Å²) in [6, 6.07) is 3.38. The Balaban J connectivity index is 2.61. The van der Waals surface area contributed by atoms with E-state index in [1.807, 2.05) is 6.26 Å². The maximum Gasteiger partial charge on any atom is 0.337 e. The Morgan fingerprint density at radius 2 is 2.31 bits per heavy atom. The normalized spacial score (nSPS) is 12.9. The lowest BCUT2D eigenvalue weighted by Gasteiger charge is -2.10. The van der Waals surface area contributed by atoms with Gasteiger partial charge in [0.05, 0.1) is 17.4 Å². The maximum atomic E-state index is 10.8. The van der Waals surface area contributed by atoms with E-state index in [1.165, 1.54) is 18.1 Å². The Morgan fingerprint density at radius 1 is 1.56 bits per heavy atom. The largest absolute Gasteiger partial charge is 0.479 e. The molecule has 0 aliphatic heterocycles.